The lowest BCUT2D eigenvalue weighted by molar-refractivity contribution is 0.198. The van der Waals surface area contributed by atoms with Crippen molar-refractivity contribution in [3.05, 3.63) is 70.8 Å². The van der Waals surface area contributed by atoms with Gasteiger partial charge in [0, 0.05) is 5.54 Å². The molecule has 2 aromatic carbocycles. The molecule has 0 amide bonds. The highest BCUT2D eigenvalue weighted by molar-refractivity contribution is 5.37. The average Bonchev–Trinajstić information content (AvgIpc) is 3.05. The zero-order valence-corrected chi connectivity index (χ0v) is 15.0. The molecule has 0 aromatic heterocycles. The van der Waals surface area contributed by atoms with Crippen LogP contribution in [-0.4, -0.2) is 17.3 Å². The molecule has 0 radical (unpaired) electrons. The first-order valence-electron chi connectivity index (χ1n) is 9.70. The smallest absolute Gasteiger partial charge is 0.0611 e. The van der Waals surface area contributed by atoms with Gasteiger partial charge in [-0.05, 0) is 79.0 Å². The van der Waals surface area contributed by atoms with E-state index >= 15 is 0 Å². The van der Waals surface area contributed by atoms with Crippen LogP contribution in [0.2, 0.25) is 0 Å². The Morgan fingerprint density at radius 3 is 2.64 bits per heavy atom. The van der Waals surface area contributed by atoms with Crippen LogP contribution in [0.1, 0.15) is 53.9 Å². The fraction of sp³-hybridized carbons (Fsp3) is 0.478. The molecule has 0 aliphatic heterocycles. The summed E-state index contributed by atoms with van der Waals surface area (Å²) in [6, 6.07) is 18.0. The van der Waals surface area contributed by atoms with E-state index in [9.17, 15) is 5.11 Å². The molecular formula is C23H29NO. The summed E-state index contributed by atoms with van der Waals surface area (Å²) in [5.41, 5.74) is 11.9. The van der Waals surface area contributed by atoms with Gasteiger partial charge in [-0.2, -0.15) is 0 Å². The molecule has 3 atom stereocenters. The summed E-state index contributed by atoms with van der Waals surface area (Å²) in [6.45, 7) is 0.107. The minimum atomic E-state index is -0.360. The Balaban J connectivity index is 1.45. The standard InChI is InChI=1S/C23H29NO/c24-23(16-25)11-10-22(15-23)21-9-8-19-13-18(6-7-20(19)14-21)12-17-4-2-1-3-5-17/h1-5,8-9,14,18,22,25H,6-7,10-13,15-16,24H2/t18-,22-,23+/m0/s1. The molecule has 2 aliphatic rings. The van der Waals surface area contributed by atoms with E-state index < -0.39 is 0 Å². The van der Waals surface area contributed by atoms with Crippen molar-refractivity contribution in [2.24, 2.45) is 11.7 Å². The summed E-state index contributed by atoms with van der Waals surface area (Å²) in [5.74, 6) is 1.28. The molecular weight excluding hydrogens is 306 g/mol. The SMILES string of the molecule is N[C@]1(CO)CC[C@H](c2ccc3c(c2)CC[C@@H](Cc2ccccc2)C3)C1. The van der Waals surface area contributed by atoms with Gasteiger partial charge < -0.3 is 10.8 Å². The van der Waals surface area contributed by atoms with Crippen molar-refractivity contribution >= 4 is 0 Å². The van der Waals surface area contributed by atoms with Gasteiger partial charge in [-0.25, -0.2) is 0 Å². The number of rotatable bonds is 4. The van der Waals surface area contributed by atoms with Crippen molar-refractivity contribution in [3.8, 4) is 0 Å². The summed E-state index contributed by atoms with van der Waals surface area (Å²) in [5, 5.41) is 9.51. The van der Waals surface area contributed by atoms with Gasteiger partial charge in [0.25, 0.3) is 0 Å². The first-order valence-corrected chi connectivity index (χ1v) is 9.70. The third-order valence-electron chi connectivity index (χ3n) is 6.36. The molecule has 3 N–H and O–H groups in total. The van der Waals surface area contributed by atoms with Crippen molar-refractivity contribution in [3.63, 3.8) is 0 Å². The molecule has 1 fully saturated rings. The van der Waals surface area contributed by atoms with Crippen LogP contribution in [0.3, 0.4) is 0 Å². The van der Waals surface area contributed by atoms with E-state index in [1.807, 2.05) is 0 Å². The molecule has 132 valence electrons. The first-order chi connectivity index (χ1) is 12.1. The minimum absolute atomic E-state index is 0.107. The van der Waals surface area contributed by atoms with Crippen molar-refractivity contribution in [1.82, 2.24) is 0 Å². The second kappa shape index (κ2) is 6.93. The zero-order chi connectivity index (χ0) is 17.3. The predicted octanol–water partition coefficient (Wildman–Crippen LogP) is 3.99. The molecule has 2 nitrogen and oxygen atoms in total. The summed E-state index contributed by atoms with van der Waals surface area (Å²) in [6.07, 6.45) is 7.83. The molecule has 0 unspecified atom stereocenters. The van der Waals surface area contributed by atoms with Gasteiger partial charge in [-0.15, -0.1) is 0 Å². The summed E-state index contributed by atoms with van der Waals surface area (Å²) in [7, 11) is 0. The maximum atomic E-state index is 9.51. The van der Waals surface area contributed by atoms with Crippen LogP contribution in [0.15, 0.2) is 48.5 Å². The maximum Gasteiger partial charge on any atom is 0.0611 e. The fourth-order valence-corrected chi connectivity index (χ4v) is 4.81. The number of aliphatic hydroxyl groups excluding tert-OH is 1. The first kappa shape index (κ1) is 16.8. The fourth-order valence-electron chi connectivity index (χ4n) is 4.81. The van der Waals surface area contributed by atoms with Gasteiger partial charge in [0.1, 0.15) is 0 Å². The Bertz CT molecular complexity index is 726. The predicted molar refractivity (Wildman–Crippen MR) is 103 cm³/mol. The Morgan fingerprint density at radius 1 is 1.04 bits per heavy atom. The Kier molecular flexibility index (Phi) is 4.66. The van der Waals surface area contributed by atoms with E-state index in [-0.39, 0.29) is 12.1 Å². The lowest BCUT2D eigenvalue weighted by atomic mass is 9.79. The highest BCUT2D eigenvalue weighted by Gasteiger charge is 2.36. The minimum Gasteiger partial charge on any atom is -0.394 e. The molecule has 0 bridgehead atoms. The van der Waals surface area contributed by atoms with Crippen LogP contribution >= 0.6 is 0 Å². The van der Waals surface area contributed by atoms with Gasteiger partial charge in [-0.1, -0.05) is 48.5 Å². The Labute approximate surface area is 151 Å². The Hall–Kier alpha value is -1.64. The van der Waals surface area contributed by atoms with Crippen molar-refractivity contribution in [1.29, 1.82) is 0 Å². The molecule has 4 rings (SSSR count). The molecule has 0 heterocycles. The van der Waals surface area contributed by atoms with Gasteiger partial charge in [-0.3, -0.25) is 0 Å². The molecule has 1 saturated carbocycles. The zero-order valence-electron chi connectivity index (χ0n) is 15.0. The lowest BCUT2D eigenvalue weighted by Crippen LogP contribution is -2.40. The van der Waals surface area contributed by atoms with E-state index in [1.165, 1.54) is 42.4 Å². The van der Waals surface area contributed by atoms with Crippen LogP contribution in [0.4, 0.5) is 0 Å². The van der Waals surface area contributed by atoms with Gasteiger partial charge >= 0.3 is 0 Å². The van der Waals surface area contributed by atoms with Crippen molar-refractivity contribution < 1.29 is 5.11 Å². The maximum absolute atomic E-state index is 9.51. The average molecular weight is 335 g/mol. The lowest BCUT2D eigenvalue weighted by Gasteiger charge is -2.26. The normalized spacial score (nSPS) is 28.7. The van der Waals surface area contributed by atoms with E-state index in [1.54, 1.807) is 5.56 Å². The van der Waals surface area contributed by atoms with Crippen molar-refractivity contribution in [2.75, 3.05) is 6.61 Å². The van der Waals surface area contributed by atoms with E-state index in [4.69, 9.17) is 5.73 Å². The van der Waals surface area contributed by atoms with Crippen LogP contribution in [-0.2, 0) is 19.3 Å². The number of hydrogen-bond acceptors (Lipinski definition) is 2. The van der Waals surface area contributed by atoms with Crippen LogP contribution < -0.4 is 5.73 Å². The highest BCUT2D eigenvalue weighted by atomic mass is 16.3. The monoisotopic (exact) mass is 335 g/mol. The van der Waals surface area contributed by atoms with Gasteiger partial charge in [0.05, 0.1) is 6.61 Å². The molecule has 2 aliphatic carbocycles. The van der Waals surface area contributed by atoms with Crippen molar-refractivity contribution in [2.45, 2.75) is 56.4 Å². The van der Waals surface area contributed by atoms with Gasteiger partial charge in [0.15, 0.2) is 0 Å². The summed E-state index contributed by atoms with van der Waals surface area (Å²) in [4.78, 5) is 0. The number of fused-ring (bicyclic) bond motifs is 1. The second-order valence-electron chi connectivity index (χ2n) is 8.29. The number of nitrogens with two attached hydrogens (primary N) is 1. The largest absolute Gasteiger partial charge is 0.394 e. The molecule has 25 heavy (non-hydrogen) atoms. The van der Waals surface area contributed by atoms with E-state index in [2.05, 4.69) is 48.5 Å². The molecule has 2 heteroatoms. The topological polar surface area (TPSA) is 46.2 Å². The molecule has 2 aromatic rings. The highest BCUT2D eigenvalue weighted by Crippen LogP contribution is 2.40. The summed E-state index contributed by atoms with van der Waals surface area (Å²) >= 11 is 0. The number of aryl methyl sites for hydroxylation is 1. The third kappa shape index (κ3) is 3.65. The third-order valence-corrected chi connectivity index (χ3v) is 6.36. The Morgan fingerprint density at radius 2 is 1.88 bits per heavy atom. The number of benzene rings is 2. The van der Waals surface area contributed by atoms with Crippen LogP contribution in [0, 0.1) is 5.92 Å². The second-order valence-corrected chi connectivity index (χ2v) is 8.29. The number of aliphatic hydroxyl groups is 1. The van der Waals surface area contributed by atoms with Crippen LogP contribution in [0.25, 0.3) is 0 Å². The quantitative estimate of drug-likeness (QED) is 0.887. The molecule has 0 saturated heterocycles. The summed E-state index contributed by atoms with van der Waals surface area (Å²) < 4.78 is 0. The number of hydrogen-bond donors (Lipinski definition) is 2. The van der Waals surface area contributed by atoms with E-state index in [0.29, 0.717) is 5.92 Å². The van der Waals surface area contributed by atoms with Gasteiger partial charge in [0.2, 0.25) is 0 Å². The van der Waals surface area contributed by atoms with E-state index in [0.717, 1.165) is 25.2 Å². The van der Waals surface area contributed by atoms with Crippen LogP contribution in [0.5, 0.6) is 0 Å². The molecule has 0 spiro atoms.